The molecule has 0 amide bonds. The van der Waals surface area contributed by atoms with Crippen molar-refractivity contribution in [2.75, 3.05) is 0 Å². The van der Waals surface area contributed by atoms with Crippen LogP contribution in [-0.2, 0) is 5.54 Å². The Balaban J connectivity index is 0.000000383. The Labute approximate surface area is 125 Å². The molecule has 0 saturated carbocycles. The second-order valence-electron chi connectivity index (χ2n) is 5.46. The highest BCUT2D eigenvalue weighted by Gasteiger charge is 2.26. The van der Waals surface area contributed by atoms with Gasteiger partial charge in [0.25, 0.3) is 0 Å². The van der Waals surface area contributed by atoms with Crippen LogP contribution in [0.25, 0.3) is 11.3 Å². The van der Waals surface area contributed by atoms with Gasteiger partial charge in [-0.15, -0.1) is 10.2 Å². The fourth-order valence-electron chi connectivity index (χ4n) is 1.65. The van der Waals surface area contributed by atoms with Crippen molar-refractivity contribution in [2.45, 2.75) is 33.2 Å². The van der Waals surface area contributed by atoms with Crippen molar-refractivity contribution in [2.24, 2.45) is 0 Å². The molecular weight excluding hydrogens is 298 g/mol. The van der Waals surface area contributed by atoms with Crippen molar-refractivity contribution in [1.82, 2.24) is 0 Å². The summed E-state index contributed by atoms with van der Waals surface area (Å²) in [7, 11) is -4.94. The second-order valence-corrected chi connectivity index (χ2v) is 6.22. The van der Waals surface area contributed by atoms with E-state index in [1.165, 1.54) is 5.56 Å². The van der Waals surface area contributed by atoms with Crippen LogP contribution < -0.4 is 23.4 Å². The van der Waals surface area contributed by atoms with E-state index in [0.29, 0.717) is 0 Å². The van der Waals surface area contributed by atoms with Crippen molar-refractivity contribution < 1.29 is 38.1 Å². The average molecular weight is 316 g/mol. The molecule has 2 rings (SSSR count). The zero-order valence-electron chi connectivity index (χ0n) is 12.3. The zero-order chi connectivity index (χ0) is 16.3. The Bertz CT molecular complexity index is 578. The van der Waals surface area contributed by atoms with Gasteiger partial charge in [0.1, 0.15) is 0 Å². The average Bonchev–Trinajstić information content (AvgIpc) is 2.76. The molecule has 0 aliphatic rings. The predicted molar refractivity (Wildman–Crippen MR) is 64.1 cm³/mol. The standard InChI is InChI=1S/C14H18NO.ClHO4/c1-11-7-5-6-8-12(11)13-9-10-15(16-13)14(2,3)4;2-1(3,4)5/h5-10H,1-4H3;(H,2,3,4,5)/q+1;/p-1. The molecule has 1 heterocycles. The Kier molecular flexibility index (Phi) is 5.49. The van der Waals surface area contributed by atoms with E-state index in [0.717, 1.165) is 11.3 Å². The van der Waals surface area contributed by atoms with Crippen molar-refractivity contribution in [3.63, 3.8) is 0 Å². The summed E-state index contributed by atoms with van der Waals surface area (Å²) in [6.45, 7) is 8.47. The van der Waals surface area contributed by atoms with Gasteiger partial charge in [0, 0.05) is 26.3 Å². The summed E-state index contributed by atoms with van der Waals surface area (Å²) in [5, 5.41) is 0. The first-order valence-electron chi connectivity index (χ1n) is 6.19. The fraction of sp³-hybridized carbons (Fsp3) is 0.357. The van der Waals surface area contributed by atoms with Crippen LogP contribution in [0.5, 0.6) is 0 Å². The SMILES string of the molecule is Cc1ccccc1-c1cc[n+](C(C)(C)C)o1.[O-][Cl+3]([O-])([O-])[O-]. The molecule has 21 heavy (non-hydrogen) atoms. The van der Waals surface area contributed by atoms with Crippen LogP contribution in [-0.4, -0.2) is 0 Å². The summed E-state index contributed by atoms with van der Waals surface area (Å²) in [6, 6.07) is 10.3. The number of benzene rings is 1. The van der Waals surface area contributed by atoms with Gasteiger partial charge >= 0.3 is 0 Å². The highest BCUT2D eigenvalue weighted by molar-refractivity contribution is 5.60. The summed E-state index contributed by atoms with van der Waals surface area (Å²) in [5.41, 5.74) is 2.38. The molecule has 0 unspecified atom stereocenters. The number of hydrogen-bond acceptors (Lipinski definition) is 5. The van der Waals surface area contributed by atoms with E-state index in [4.69, 9.17) is 23.2 Å². The summed E-state index contributed by atoms with van der Waals surface area (Å²) < 4.78 is 41.7. The Hall–Kier alpha value is -1.44. The molecule has 116 valence electrons. The molecule has 2 aromatic rings. The first kappa shape index (κ1) is 17.6. The van der Waals surface area contributed by atoms with Crippen molar-refractivity contribution in [3.8, 4) is 11.3 Å². The maximum absolute atomic E-state index is 8.49. The highest BCUT2D eigenvalue weighted by atomic mass is 35.7. The molecular formula is C14H18ClNO5. The lowest BCUT2D eigenvalue weighted by Gasteiger charge is -2.17. The number of rotatable bonds is 1. The molecule has 0 fully saturated rings. The number of aromatic nitrogens is 1. The molecule has 7 heteroatoms. The molecule has 0 aliphatic carbocycles. The van der Waals surface area contributed by atoms with Gasteiger partial charge in [-0.3, -0.25) is 0 Å². The Morgan fingerprint density at radius 3 is 1.95 bits per heavy atom. The van der Waals surface area contributed by atoms with Crippen LogP contribution in [0.15, 0.2) is 41.1 Å². The fourth-order valence-corrected chi connectivity index (χ4v) is 1.65. The first-order chi connectivity index (χ1) is 9.48. The van der Waals surface area contributed by atoms with Crippen LogP contribution in [0.1, 0.15) is 26.3 Å². The van der Waals surface area contributed by atoms with E-state index >= 15 is 0 Å². The molecule has 0 aliphatic heterocycles. The van der Waals surface area contributed by atoms with Crippen molar-refractivity contribution in [1.29, 1.82) is 0 Å². The number of halogens is 1. The summed E-state index contributed by atoms with van der Waals surface area (Å²) in [4.78, 5) is 0. The van der Waals surface area contributed by atoms with Crippen LogP contribution >= 0.6 is 0 Å². The summed E-state index contributed by atoms with van der Waals surface area (Å²) in [5.74, 6) is 0.924. The Morgan fingerprint density at radius 2 is 1.52 bits per heavy atom. The quantitative estimate of drug-likeness (QED) is 0.597. The third-order valence-corrected chi connectivity index (χ3v) is 2.63. The first-order valence-corrected chi connectivity index (χ1v) is 7.42. The third kappa shape index (κ3) is 6.24. The molecule has 0 bridgehead atoms. The largest absolute Gasteiger partial charge is 0.236 e. The molecule has 0 N–H and O–H groups in total. The van der Waals surface area contributed by atoms with Gasteiger partial charge in [-0.25, -0.2) is 23.2 Å². The number of hydrogen-bond donors (Lipinski definition) is 0. The molecule has 0 spiro atoms. The van der Waals surface area contributed by atoms with Gasteiger partial charge in [-0.2, -0.15) is 0 Å². The van der Waals surface area contributed by atoms with Gasteiger partial charge in [-0.1, -0.05) is 24.3 Å². The van der Waals surface area contributed by atoms with E-state index in [2.05, 4.69) is 39.8 Å². The lowest BCUT2D eigenvalue weighted by atomic mass is 10.1. The normalized spacial score (nSPS) is 11.8. The maximum Gasteiger partial charge on any atom is 0.221 e. The summed E-state index contributed by atoms with van der Waals surface area (Å²) in [6.07, 6.45) is 1.99. The van der Waals surface area contributed by atoms with Crippen molar-refractivity contribution >= 4 is 0 Å². The lowest BCUT2D eigenvalue weighted by molar-refractivity contribution is -2.00. The monoisotopic (exact) mass is 315 g/mol. The lowest BCUT2D eigenvalue weighted by Crippen LogP contribution is -2.68. The predicted octanol–water partition coefficient (Wildman–Crippen LogP) is -1.46. The molecule has 0 atom stereocenters. The van der Waals surface area contributed by atoms with E-state index in [1.54, 1.807) is 0 Å². The molecule has 0 radical (unpaired) electrons. The second kappa shape index (κ2) is 6.55. The minimum Gasteiger partial charge on any atom is -0.236 e. The molecule has 1 aromatic carbocycles. The maximum atomic E-state index is 8.49. The Morgan fingerprint density at radius 1 is 1.00 bits per heavy atom. The van der Waals surface area contributed by atoms with Gasteiger partial charge in [0.2, 0.25) is 17.5 Å². The van der Waals surface area contributed by atoms with Crippen LogP contribution in [0.2, 0.25) is 0 Å². The molecule has 1 aromatic heterocycles. The van der Waals surface area contributed by atoms with E-state index in [1.807, 2.05) is 29.1 Å². The molecule has 6 nitrogen and oxygen atoms in total. The topological polar surface area (TPSA) is 109 Å². The van der Waals surface area contributed by atoms with Crippen LogP contribution in [0.4, 0.5) is 0 Å². The van der Waals surface area contributed by atoms with Gasteiger partial charge < -0.3 is 0 Å². The van der Waals surface area contributed by atoms with Gasteiger partial charge in [0.15, 0.2) is 0 Å². The van der Waals surface area contributed by atoms with Crippen molar-refractivity contribution in [3.05, 3.63) is 42.1 Å². The minimum absolute atomic E-state index is 0.0130. The zero-order valence-corrected chi connectivity index (χ0v) is 13.1. The minimum atomic E-state index is -4.94. The third-order valence-electron chi connectivity index (χ3n) is 2.63. The number of aryl methyl sites for hydroxylation is 1. The van der Waals surface area contributed by atoms with Crippen LogP contribution in [0.3, 0.4) is 0 Å². The molecule has 0 saturated heterocycles. The smallest absolute Gasteiger partial charge is 0.221 e. The van der Waals surface area contributed by atoms with E-state index in [-0.39, 0.29) is 5.54 Å². The number of nitrogens with zero attached hydrogens (tertiary/aromatic N) is 1. The van der Waals surface area contributed by atoms with Crippen LogP contribution in [0, 0.1) is 17.2 Å². The van der Waals surface area contributed by atoms with E-state index in [9.17, 15) is 0 Å². The van der Waals surface area contributed by atoms with Gasteiger partial charge in [0.05, 0.1) is 6.07 Å². The summed E-state index contributed by atoms with van der Waals surface area (Å²) >= 11 is 0. The highest BCUT2D eigenvalue weighted by Crippen LogP contribution is 2.22. The van der Waals surface area contributed by atoms with Gasteiger partial charge in [-0.05, 0) is 17.2 Å². The van der Waals surface area contributed by atoms with E-state index < -0.39 is 10.2 Å².